The Balaban J connectivity index is 1.26. The van der Waals surface area contributed by atoms with Crippen LogP contribution in [0.5, 0.6) is 0 Å². The van der Waals surface area contributed by atoms with Gasteiger partial charge >= 0.3 is 0 Å². The molecule has 3 aliphatic carbocycles. The summed E-state index contributed by atoms with van der Waals surface area (Å²) >= 11 is 0. The van der Waals surface area contributed by atoms with Crippen molar-refractivity contribution in [2.24, 2.45) is 23.7 Å². The van der Waals surface area contributed by atoms with Crippen LogP contribution in [0.4, 0.5) is 0 Å². The number of hydrogen-bond donors (Lipinski definition) is 0. The van der Waals surface area contributed by atoms with Gasteiger partial charge in [-0.15, -0.1) is 0 Å². The lowest BCUT2D eigenvalue weighted by atomic mass is 9.79. The van der Waals surface area contributed by atoms with Gasteiger partial charge in [0.05, 0.1) is 18.3 Å². The summed E-state index contributed by atoms with van der Waals surface area (Å²) in [5, 5.41) is 0. The molecule has 0 spiro atoms. The average Bonchev–Trinajstić information content (AvgIpc) is 2.79. The van der Waals surface area contributed by atoms with E-state index in [-0.39, 0.29) is 5.78 Å². The van der Waals surface area contributed by atoms with E-state index in [1.54, 1.807) is 0 Å². The molecule has 4 fully saturated rings. The predicted octanol–water partition coefficient (Wildman–Crippen LogP) is 2.35. The van der Waals surface area contributed by atoms with E-state index in [0.717, 1.165) is 36.7 Å². The predicted molar refractivity (Wildman–Crippen MR) is 70.7 cm³/mol. The molecule has 7 atom stereocenters. The fourth-order valence-electron chi connectivity index (χ4n) is 5.04. The van der Waals surface area contributed by atoms with Crippen molar-refractivity contribution in [2.75, 3.05) is 6.61 Å². The summed E-state index contributed by atoms with van der Waals surface area (Å²) in [6, 6.07) is 0. The number of carbonyl (C=O) groups is 1. The molecule has 1 aliphatic heterocycles. The van der Waals surface area contributed by atoms with Crippen molar-refractivity contribution in [3.05, 3.63) is 12.7 Å². The monoisotopic (exact) mass is 262 g/mol. The summed E-state index contributed by atoms with van der Waals surface area (Å²) < 4.78 is 11.8. The Kier molecular flexibility index (Phi) is 2.82. The maximum atomic E-state index is 11.1. The number of ether oxygens (including phenoxy) is 2. The summed E-state index contributed by atoms with van der Waals surface area (Å²) in [5.74, 6) is 3.50. The van der Waals surface area contributed by atoms with Crippen LogP contribution in [0.25, 0.3) is 0 Å². The number of epoxide rings is 1. The van der Waals surface area contributed by atoms with Gasteiger partial charge in [-0.1, -0.05) is 6.58 Å². The molecule has 0 aromatic carbocycles. The van der Waals surface area contributed by atoms with E-state index >= 15 is 0 Å². The van der Waals surface area contributed by atoms with Crippen molar-refractivity contribution in [3.8, 4) is 0 Å². The van der Waals surface area contributed by atoms with Crippen molar-refractivity contribution >= 4 is 5.78 Å². The van der Waals surface area contributed by atoms with E-state index in [2.05, 4.69) is 6.58 Å². The maximum absolute atomic E-state index is 11.1. The Bertz CT molecular complexity index is 405. The molecular formula is C16H22O3. The number of allylic oxidation sites excluding steroid dienone is 1. The topological polar surface area (TPSA) is 38.8 Å². The first-order valence-electron chi connectivity index (χ1n) is 7.70. The average molecular weight is 262 g/mol. The maximum Gasteiger partial charge on any atom is 0.155 e. The number of hydrogen-bond acceptors (Lipinski definition) is 3. The summed E-state index contributed by atoms with van der Waals surface area (Å²) in [6.07, 6.45) is 8.37. The molecule has 104 valence electrons. The van der Waals surface area contributed by atoms with Gasteiger partial charge in [0.15, 0.2) is 5.78 Å². The third kappa shape index (κ3) is 1.90. The summed E-state index contributed by atoms with van der Waals surface area (Å²) in [6.45, 7) is 4.22. The molecule has 0 radical (unpaired) electrons. The zero-order valence-electron chi connectivity index (χ0n) is 11.3. The van der Waals surface area contributed by atoms with Crippen LogP contribution in [0.1, 0.15) is 32.1 Å². The second-order valence-corrected chi connectivity index (χ2v) is 6.69. The molecule has 7 unspecified atom stereocenters. The van der Waals surface area contributed by atoms with Crippen molar-refractivity contribution < 1.29 is 14.3 Å². The third-order valence-electron chi connectivity index (χ3n) is 5.81. The smallest absolute Gasteiger partial charge is 0.155 e. The Morgan fingerprint density at radius 3 is 3.05 bits per heavy atom. The molecule has 0 aromatic heterocycles. The van der Waals surface area contributed by atoms with Crippen molar-refractivity contribution in [1.29, 1.82) is 0 Å². The van der Waals surface area contributed by atoms with Gasteiger partial charge in [0.25, 0.3) is 0 Å². The first-order valence-corrected chi connectivity index (χ1v) is 7.70. The number of fused-ring (bicyclic) bond motifs is 7. The Hall–Kier alpha value is -0.670. The minimum atomic E-state index is 0.129. The first kappa shape index (κ1) is 12.1. The van der Waals surface area contributed by atoms with Gasteiger partial charge in [0.2, 0.25) is 0 Å². The molecule has 1 heterocycles. The molecule has 0 aromatic rings. The lowest BCUT2D eigenvalue weighted by Gasteiger charge is -2.32. The van der Waals surface area contributed by atoms with Gasteiger partial charge in [0.1, 0.15) is 0 Å². The van der Waals surface area contributed by atoms with Crippen LogP contribution >= 0.6 is 0 Å². The van der Waals surface area contributed by atoms with Gasteiger partial charge in [0, 0.05) is 13.0 Å². The molecule has 3 nitrogen and oxygen atoms in total. The van der Waals surface area contributed by atoms with Crippen LogP contribution in [0.15, 0.2) is 12.7 Å². The van der Waals surface area contributed by atoms with Gasteiger partial charge in [-0.25, -0.2) is 0 Å². The minimum Gasteiger partial charge on any atom is -0.378 e. The molecular weight excluding hydrogens is 240 g/mol. The number of rotatable bonds is 6. The summed E-state index contributed by atoms with van der Waals surface area (Å²) in [4.78, 5) is 11.1. The van der Waals surface area contributed by atoms with E-state index in [1.165, 1.54) is 25.3 Å². The molecule has 0 N–H and O–H groups in total. The second kappa shape index (κ2) is 4.42. The highest BCUT2D eigenvalue weighted by Crippen LogP contribution is 2.64. The van der Waals surface area contributed by atoms with Crippen molar-refractivity contribution in [2.45, 2.75) is 50.4 Å². The van der Waals surface area contributed by atoms with Crippen molar-refractivity contribution in [1.82, 2.24) is 0 Å². The summed E-state index contributed by atoms with van der Waals surface area (Å²) in [5.41, 5.74) is 0. The standard InChI is InChI=1S/C16H22O3/c1-2-10(17)4-3-5-18-13-7-9-6-11(13)12-8-14-16(19-14)15(9)12/h2,9,11-16H,1,3-8H2. The van der Waals surface area contributed by atoms with Crippen LogP contribution in [-0.4, -0.2) is 30.7 Å². The van der Waals surface area contributed by atoms with Crippen LogP contribution in [0.3, 0.4) is 0 Å². The Morgan fingerprint density at radius 1 is 1.32 bits per heavy atom. The first-order chi connectivity index (χ1) is 9.28. The van der Waals surface area contributed by atoms with Gasteiger partial charge < -0.3 is 9.47 Å². The SMILES string of the molecule is C=CC(=O)CCCOC1CC2CC1C1CC3OC3C21. The van der Waals surface area contributed by atoms with Gasteiger partial charge in [-0.05, 0) is 55.4 Å². The zero-order valence-corrected chi connectivity index (χ0v) is 11.3. The molecule has 3 heteroatoms. The third-order valence-corrected chi connectivity index (χ3v) is 5.81. The lowest BCUT2D eigenvalue weighted by Crippen LogP contribution is -2.33. The highest BCUT2D eigenvalue weighted by molar-refractivity contribution is 5.88. The molecule has 3 saturated carbocycles. The fourth-order valence-corrected chi connectivity index (χ4v) is 5.04. The lowest BCUT2D eigenvalue weighted by molar-refractivity contribution is -0.115. The van der Waals surface area contributed by atoms with Gasteiger partial charge in [-0.2, -0.15) is 0 Å². The molecule has 4 aliphatic rings. The van der Waals surface area contributed by atoms with E-state index in [0.29, 0.717) is 24.7 Å². The van der Waals surface area contributed by atoms with E-state index in [4.69, 9.17) is 9.47 Å². The minimum absolute atomic E-state index is 0.129. The molecule has 2 bridgehead atoms. The molecule has 1 saturated heterocycles. The molecule has 4 rings (SSSR count). The zero-order chi connectivity index (χ0) is 13.0. The van der Waals surface area contributed by atoms with Crippen LogP contribution < -0.4 is 0 Å². The Labute approximate surface area is 114 Å². The van der Waals surface area contributed by atoms with Crippen molar-refractivity contribution in [3.63, 3.8) is 0 Å². The van der Waals surface area contributed by atoms with Crippen LogP contribution in [-0.2, 0) is 14.3 Å². The molecule has 0 amide bonds. The largest absolute Gasteiger partial charge is 0.378 e. The number of ketones is 1. The van der Waals surface area contributed by atoms with E-state index in [9.17, 15) is 4.79 Å². The quantitative estimate of drug-likeness (QED) is 0.419. The Morgan fingerprint density at radius 2 is 2.21 bits per heavy atom. The van der Waals surface area contributed by atoms with E-state index < -0.39 is 0 Å². The van der Waals surface area contributed by atoms with Crippen LogP contribution in [0, 0.1) is 23.7 Å². The molecule has 19 heavy (non-hydrogen) atoms. The highest BCUT2D eigenvalue weighted by atomic mass is 16.6. The van der Waals surface area contributed by atoms with Gasteiger partial charge in [-0.3, -0.25) is 4.79 Å². The normalized spacial score (nSPS) is 48.9. The summed E-state index contributed by atoms with van der Waals surface area (Å²) in [7, 11) is 0. The van der Waals surface area contributed by atoms with E-state index in [1.807, 2.05) is 0 Å². The highest BCUT2D eigenvalue weighted by Gasteiger charge is 2.66. The van der Waals surface area contributed by atoms with Crippen LogP contribution in [0.2, 0.25) is 0 Å². The second-order valence-electron chi connectivity index (χ2n) is 6.69. The number of carbonyl (C=O) groups excluding carboxylic acids is 1. The fraction of sp³-hybridized carbons (Fsp3) is 0.812.